The van der Waals surface area contributed by atoms with Crippen LogP contribution in [-0.4, -0.2) is 50.8 Å². The van der Waals surface area contributed by atoms with Gasteiger partial charge in [-0.1, -0.05) is 11.6 Å². The van der Waals surface area contributed by atoms with Crippen molar-refractivity contribution in [1.29, 1.82) is 0 Å². The summed E-state index contributed by atoms with van der Waals surface area (Å²) in [4.78, 5) is 17.3. The molecule has 1 aromatic rings. The third-order valence-electron chi connectivity index (χ3n) is 4.76. The van der Waals surface area contributed by atoms with Crippen LogP contribution in [0.25, 0.3) is 0 Å². The second kappa shape index (κ2) is 5.82. The summed E-state index contributed by atoms with van der Waals surface area (Å²) in [5.41, 5.74) is 2.28. The Morgan fingerprint density at radius 1 is 1.29 bits per heavy atom. The molecule has 128 valence electrons. The molecule has 6 nitrogen and oxygen atoms in total. The number of carbonyl (C=O) groups excluding carboxylic acids is 1. The Morgan fingerprint density at radius 2 is 2.08 bits per heavy atom. The van der Waals surface area contributed by atoms with E-state index in [4.69, 9.17) is 21.3 Å². The van der Waals surface area contributed by atoms with Crippen LogP contribution in [0, 0.1) is 11.8 Å². The normalized spacial score (nSPS) is 29.2. The van der Waals surface area contributed by atoms with Gasteiger partial charge in [0.1, 0.15) is 6.04 Å². The van der Waals surface area contributed by atoms with Crippen LogP contribution in [0.4, 0.5) is 5.69 Å². The second-order valence-electron chi connectivity index (χ2n) is 6.54. The number of hydrogen-bond donors (Lipinski definition) is 1. The first kappa shape index (κ1) is 16.1. The van der Waals surface area contributed by atoms with Crippen molar-refractivity contribution in [1.82, 2.24) is 0 Å². The molecule has 1 aromatic carbocycles. The number of nitrogens with zero attached hydrogens (tertiary/aromatic N) is 1. The molecule has 2 unspecified atom stereocenters. The first-order valence-electron chi connectivity index (χ1n) is 7.89. The van der Waals surface area contributed by atoms with E-state index in [1.165, 1.54) is 0 Å². The van der Waals surface area contributed by atoms with Crippen LogP contribution < -0.4 is 5.32 Å². The monoisotopic (exact) mass is 368 g/mol. The van der Waals surface area contributed by atoms with E-state index in [-0.39, 0.29) is 29.2 Å². The molecule has 2 atom stereocenters. The maximum absolute atomic E-state index is 12.6. The van der Waals surface area contributed by atoms with Gasteiger partial charge in [-0.25, -0.2) is 8.42 Å². The van der Waals surface area contributed by atoms with Gasteiger partial charge in [-0.05, 0) is 24.6 Å². The van der Waals surface area contributed by atoms with Crippen molar-refractivity contribution in [3.8, 4) is 0 Å². The van der Waals surface area contributed by atoms with E-state index in [2.05, 4.69) is 5.32 Å². The Balaban J connectivity index is 1.76. The molecule has 3 aliphatic rings. The lowest BCUT2D eigenvalue weighted by molar-refractivity contribution is -0.118. The van der Waals surface area contributed by atoms with Gasteiger partial charge in [0.05, 0.1) is 29.5 Å². The summed E-state index contributed by atoms with van der Waals surface area (Å²) in [6.45, 7) is 1.22. The first-order chi connectivity index (χ1) is 11.4. The van der Waals surface area contributed by atoms with Crippen molar-refractivity contribution >= 4 is 38.7 Å². The first-order valence-corrected chi connectivity index (χ1v) is 10.1. The van der Waals surface area contributed by atoms with Crippen molar-refractivity contribution in [2.45, 2.75) is 12.5 Å². The molecule has 2 saturated heterocycles. The van der Waals surface area contributed by atoms with Crippen LogP contribution in [0.1, 0.15) is 12.0 Å². The zero-order chi connectivity index (χ0) is 16.9. The lowest BCUT2D eigenvalue weighted by Gasteiger charge is -2.30. The van der Waals surface area contributed by atoms with Crippen LogP contribution in [0.5, 0.6) is 0 Å². The number of benzodiazepines with no additional fused rings is 1. The van der Waals surface area contributed by atoms with Crippen LogP contribution in [-0.2, 0) is 19.4 Å². The smallest absolute Gasteiger partial charge is 0.249 e. The third-order valence-corrected chi connectivity index (χ3v) is 6.87. The van der Waals surface area contributed by atoms with Gasteiger partial charge in [0, 0.05) is 29.0 Å². The number of halogens is 1. The number of sulfone groups is 1. The number of fused-ring (bicyclic) bond motifs is 1. The number of ether oxygens (including phenoxy) is 1. The largest absolute Gasteiger partial charge is 0.381 e. The molecule has 24 heavy (non-hydrogen) atoms. The van der Waals surface area contributed by atoms with Gasteiger partial charge in [-0.3, -0.25) is 9.79 Å². The average molecular weight is 369 g/mol. The fourth-order valence-corrected chi connectivity index (χ4v) is 5.25. The molecule has 1 N–H and O–H groups in total. The van der Waals surface area contributed by atoms with E-state index in [1.807, 2.05) is 6.07 Å². The standard InChI is InChI=1S/C16H17ClN2O4S/c17-11-1-2-12-13(5-11)18-16(20)15(10-7-24(21,22)8-10)19-14(12)9-3-4-23-6-9/h1-2,5,9-10,15H,3-4,6-8H2,(H,18,20). The average Bonchev–Trinajstić information content (AvgIpc) is 2.96. The van der Waals surface area contributed by atoms with Gasteiger partial charge in [-0.2, -0.15) is 0 Å². The SMILES string of the molecule is O=C1Nc2cc(Cl)ccc2C(C2CCOC2)=NC1C1CS(=O)(=O)C1. The number of aliphatic imine (C=N–C) groups is 1. The van der Waals surface area contributed by atoms with Gasteiger partial charge in [0.2, 0.25) is 5.91 Å². The Hall–Kier alpha value is -1.44. The number of amides is 1. The lowest BCUT2D eigenvalue weighted by atomic mass is 9.94. The minimum Gasteiger partial charge on any atom is -0.381 e. The van der Waals surface area contributed by atoms with E-state index in [1.54, 1.807) is 12.1 Å². The quantitative estimate of drug-likeness (QED) is 0.857. The third kappa shape index (κ3) is 2.85. The van der Waals surface area contributed by atoms with Gasteiger partial charge in [-0.15, -0.1) is 0 Å². The highest BCUT2D eigenvalue weighted by molar-refractivity contribution is 7.92. The van der Waals surface area contributed by atoms with Crippen molar-refractivity contribution in [3.05, 3.63) is 28.8 Å². The molecule has 3 aliphatic heterocycles. The number of hydrogen-bond acceptors (Lipinski definition) is 5. The minimum absolute atomic E-state index is 0.0140. The highest BCUT2D eigenvalue weighted by Gasteiger charge is 2.44. The van der Waals surface area contributed by atoms with Gasteiger partial charge < -0.3 is 10.1 Å². The van der Waals surface area contributed by atoms with Gasteiger partial charge >= 0.3 is 0 Å². The number of rotatable bonds is 2. The summed E-state index contributed by atoms with van der Waals surface area (Å²) in [5.74, 6) is -0.401. The lowest BCUT2D eigenvalue weighted by Crippen LogP contribution is -2.47. The van der Waals surface area contributed by atoms with Crippen molar-refractivity contribution in [2.75, 3.05) is 30.0 Å². The van der Waals surface area contributed by atoms with Gasteiger partial charge in [0.25, 0.3) is 0 Å². The molecule has 2 fully saturated rings. The number of carbonyl (C=O) groups is 1. The van der Waals surface area contributed by atoms with Crippen molar-refractivity contribution in [3.63, 3.8) is 0 Å². The fraction of sp³-hybridized carbons (Fsp3) is 0.500. The molecule has 0 saturated carbocycles. The molecule has 8 heteroatoms. The summed E-state index contributed by atoms with van der Waals surface area (Å²) in [6.07, 6.45) is 0.838. The molecule has 0 radical (unpaired) electrons. The number of benzene rings is 1. The Labute approximate surface area is 145 Å². The topological polar surface area (TPSA) is 84.8 Å². The van der Waals surface area contributed by atoms with E-state index < -0.39 is 15.9 Å². The minimum atomic E-state index is -3.02. The van der Waals surface area contributed by atoms with E-state index in [0.717, 1.165) is 17.7 Å². The van der Waals surface area contributed by atoms with E-state index in [9.17, 15) is 13.2 Å². The maximum atomic E-state index is 12.6. The fourth-order valence-electron chi connectivity index (χ4n) is 3.51. The predicted molar refractivity (Wildman–Crippen MR) is 91.5 cm³/mol. The number of nitrogens with one attached hydrogen (secondary N) is 1. The Bertz CT molecular complexity index is 818. The molecule has 4 rings (SSSR count). The molecular formula is C16H17ClN2O4S. The van der Waals surface area contributed by atoms with E-state index >= 15 is 0 Å². The van der Waals surface area contributed by atoms with Crippen molar-refractivity contribution < 1.29 is 17.9 Å². The molecule has 3 heterocycles. The van der Waals surface area contributed by atoms with Crippen molar-refractivity contribution in [2.24, 2.45) is 16.8 Å². The molecule has 0 aromatic heterocycles. The zero-order valence-electron chi connectivity index (χ0n) is 12.9. The highest BCUT2D eigenvalue weighted by Crippen LogP contribution is 2.33. The van der Waals surface area contributed by atoms with Gasteiger partial charge in [0.15, 0.2) is 9.84 Å². The summed E-state index contributed by atoms with van der Waals surface area (Å²) in [7, 11) is -3.02. The Morgan fingerprint density at radius 3 is 2.75 bits per heavy atom. The maximum Gasteiger partial charge on any atom is 0.249 e. The summed E-state index contributed by atoms with van der Waals surface area (Å²) in [5, 5.41) is 3.40. The molecular weight excluding hydrogens is 352 g/mol. The summed E-state index contributed by atoms with van der Waals surface area (Å²) < 4.78 is 28.5. The highest BCUT2D eigenvalue weighted by atomic mass is 35.5. The second-order valence-corrected chi connectivity index (χ2v) is 9.13. The molecule has 1 amide bonds. The molecule has 0 aliphatic carbocycles. The summed E-state index contributed by atoms with van der Waals surface area (Å²) in [6, 6.07) is 4.65. The molecule has 0 bridgehead atoms. The Kier molecular flexibility index (Phi) is 3.89. The van der Waals surface area contributed by atoms with Crippen LogP contribution in [0.2, 0.25) is 5.02 Å². The van der Waals surface area contributed by atoms with E-state index in [0.29, 0.717) is 23.9 Å². The van der Waals surface area contributed by atoms with Crippen LogP contribution in [0.15, 0.2) is 23.2 Å². The van der Waals surface area contributed by atoms with Crippen LogP contribution in [0.3, 0.4) is 0 Å². The van der Waals surface area contributed by atoms with Crippen LogP contribution >= 0.6 is 11.6 Å². The molecule has 0 spiro atoms. The number of anilines is 1. The predicted octanol–water partition coefficient (Wildman–Crippen LogP) is 1.53. The summed E-state index contributed by atoms with van der Waals surface area (Å²) >= 11 is 6.06. The zero-order valence-corrected chi connectivity index (χ0v) is 14.4.